The fourth-order valence-electron chi connectivity index (χ4n) is 2.12. The highest BCUT2D eigenvalue weighted by atomic mass is 35.5. The minimum absolute atomic E-state index is 0.0719. The number of benzene rings is 1. The number of piperazine rings is 1. The first-order valence-corrected chi connectivity index (χ1v) is 8.22. The summed E-state index contributed by atoms with van der Waals surface area (Å²) in [5, 5.41) is 3.80. The highest BCUT2D eigenvalue weighted by Gasteiger charge is 2.34. The van der Waals surface area contributed by atoms with Crippen LogP contribution in [0.5, 0.6) is 0 Å². The van der Waals surface area contributed by atoms with Crippen LogP contribution in [0.3, 0.4) is 0 Å². The van der Waals surface area contributed by atoms with E-state index < -0.39 is 10.0 Å². The van der Waals surface area contributed by atoms with Crippen molar-refractivity contribution in [2.45, 2.75) is 30.8 Å². The van der Waals surface area contributed by atoms with Crippen molar-refractivity contribution < 1.29 is 8.42 Å². The summed E-state index contributed by atoms with van der Waals surface area (Å²) in [7, 11) is -3.62. The van der Waals surface area contributed by atoms with E-state index in [2.05, 4.69) is 5.32 Å². The van der Waals surface area contributed by atoms with E-state index in [-0.39, 0.29) is 22.0 Å². The molecule has 1 aromatic carbocycles. The van der Waals surface area contributed by atoms with Gasteiger partial charge in [-0.3, -0.25) is 0 Å². The first kappa shape index (κ1) is 15.1. The third kappa shape index (κ3) is 3.06. The van der Waals surface area contributed by atoms with Gasteiger partial charge in [-0.05, 0) is 32.0 Å². The number of sulfonamides is 1. The molecule has 2 rings (SSSR count). The minimum Gasteiger partial charge on any atom is -0.311 e. The van der Waals surface area contributed by atoms with Gasteiger partial charge in [-0.2, -0.15) is 4.31 Å². The van der Waals surface area contributed by atoms with Gasteiger partial charge in [-0.15, -0.1) is 0 Å². The van der Waals surface area contributed by atoms with Crippen LogP contribution >= 0.6 is 23.2 Å². The van der Waals surface area contributed by atoms with E-state index in [1.807, 2.05) is 13.8 Å². The Hall–Kier alpha value is -0.330. The van der Waals surface area contributed by atoms with E-state index >= 15 is 0 Å². The molecule has 7 heteroatoms. The SMILES string of the molecule is C[C@@H]1CN[C@@H](C)CN1S(=O)(=O)c1cc(Cl)ccc1Cl. The number of halogens is 2. The fraction of sp³-hybridized carbons (Fsp3) is 0.500. The topological polar surface area (TPSA) is 49.4 Å². The van der Waals surface area contributed by atoms with Crippen LogP contribution in [0.2, 0.25) is 10.0 Å². The molecule has 0 aliphatic carbocycles. The molecule has 0 unspecified atom stereocenters. The lowest BCUT2D eigenvalue weighted by Crippen LogP contribution is -2.56. The van der Waals surface area contributed by atoms with Crippen LogP contribution in [-0.4, -0.2) is 37.9 Å². The van der Waals surface area contributed by atoms with Gasteiger partial charge in [0.15, 0.2) is 0 Å². The Kier molecular flexibility index (Phi) is 4.42. The molecule has 4 nitrogen and oxygen atoms in total. The summed E-state index contributed by atoms with van der Waals surface area (Å²) in [6.07, 6.45) is 0. The Bertz CT molecular complexity index is 577. The quantitative estimate of drug-likeness (QED) is 0.909. The summed E-state index contributed by atoms with van der Waals surface area (Å²) in [5.74, 6) is 0. The lowest BCUT2D eigenvalue weighted by Gasteiger charge is -2.36. The molecule has 1 saturated heterocycles. The first-order chi connectivity index (χ1) is 8.82. The lowest BCUT2D eigenvalue weighted by molar-refractivity contribution is 0.244. The van der Waals surface area contributed by atoms with E-state index in [4.69, 9.17) is 23.2 Å². The van der Waals surface area contributed by atoms with Crippen molar-refractivity contribution in [1.82, 2.24) is 9.62 Å². The molecule has 2 atom stereocenters. The molecule has 0 radical (unpaired) electrons. The molecule has 0 aromatic heterocycles. The Morgan fingerprint density at radius 3 is 2.68 bits per heavy atom. The number of nitrogens with zero attached hydrogens (tertiary/aromatic N) is 1. The Balaban J connectivity index is 2.44. The van der Waals surface area contributed by atoms with Gasteiger partial charge in [-0.25, -0.2) is 8.42 Å². The van der Waals surface area contributed by atoms with Gasteiger partial charge in [-0.1, -0.05) is 23.2 Å². The van der Waals surface area contributed by atoms with Crippen molar-refractivity contribution in [3.05, 3.63) is 28.2 Å². The van der Waals surface area contributed by atoms with Gasteiger partial charge in [0.1, 0.15) is 4.90 Å². The molecule has 0 spiro atoms. The molecule has 19 heavy (non-hydrogen) atoms. The van der Waals surface area contributed by atoms with E-state index in [9.17, 15) is 8.42 Å². The molecule has 1 aromatic rings. The summed E-state index contributed by atoms with van der Waals surface area (Å²) in [4.78, 5) is 0.0719. The maximum absolute atomic E-state index is 12.7. The van der Waals surface area contributed by atoms with Crippen molar-refractivity contribution >= 4 is 33.2 Å². The zero-order chi connectivity index (χ0) is 14.2. The molecule has 0 amide bonds. The van der Waals surface area contributed by atoms with Crippen LogP contribution in [0.25, 0.3) is 0 Å². The highest BCUT2D eigenvalue weighted by molar-refractivity contribution is 7.89. The number of hydrogen-bond acceptors (Lipinski definition) is 3. The van der Waals surface area contributed by atoms with Gasteiger partial charge in [0, 0.05) is 30.2 Å². The van der Waals surface area contributed by atoms with Crippen molar-refractivity contribution in [2.75, 3.05) is 13.1 Å². The Labute approximate surface area is 123 Å². The van der Waals surface area contributed by atoms with Gasteiger partial charge in [0.25, 0.3) is 0 Å². The van der Waals surface area contributed by atoms with Crippen LogP contribution in [0.15, 0.2) is 23.1 Å². The van der Waals surface area contributed by atoms with Crippen molar-refractivity contribution in [2.24, 2.45) is 0 Å². The summed E-state index contributed by atoms with van der Waals surface area (Å²) < 4.78 is 26.8. The van der Waals surface area contributed by atoms with E-state index in [0.29, 0.717) is 18.1 Å². The van der Waals surface area contributed by atoms with Crippen molar-refractivity contribution in [3.63, 3.8) is 0 Å². The smallest absolute Gasteiger partial charge is 0.244 e. The Morgan fingerprint density at radius 1 is 1.32 bits per heavy atom. The standard InChI is InChI=1S/C12H16Cl2N2O2S/c1-8-7-16(9(2)6-15-8)19(17,18)12-5-10(13)3-4-11(12)14/h3-5,8-9,15H,6-7H2,1-2H3/t8-,9+/m0/s1. The predicted molar refractivity (Wildman–Crippen MR) is 77.3 cm³/mol. The molecule has 1 fully saturated rings. The third-order valence-electron chi connectivity index (χ3n) is 3.19. The van der Waals surface area contributed by atoms with Crippen LogP contribution in [-0.2, 0) is 10.0 Å². The molecule has 106 valence electrons. The van der Waals surface area contributed by atoms with Crippen LogP contribution in [0.4, 0.5) is 0 Å². The van der Waals surface area contributed by atoms with Gasteiger partial charge < -0.3 is 5.32 Å². The maximum atomic E-state index is 12.7. The molecular formula is C12H16Cl2N2O2S. The second-order valence-electron chi connectivity index (χ2n) is 4.81. The molecule has 1 aliphatic heterocycles. The van der Waals surface area contributed by atoms with E-state index in [1.54, 1.807) is 6.07 Å². The average molecular weight is 323 g/mol. The zero-order valence-electron chi connectivity index (χ0n) is 10.7. The van der Waals surface area contributed by atoms with E-state index in [0.717, 1.165) is 0 Å². The minimum atomic E-state index is -3.62. The third-order valence-corrected chi connectivity index (χ3v) is 5.88. The normalized spacial score (nSPS) is 25.5. The maximum Gasteiger partial charge on any atom is 0.244 e. The summed E-state index contributed by atoms with van der Waals surface area (Å²) in [6, 6.07) is 4.48. The monoisotopic (exact) mass is 322 g/mol. The highest BCUT2D eigenvalue weighted by Crippen LogP contribution is 2.29. The summed E-state index contributed by atoms with van der Waals surface area (Å²) >= 11 is 11.9. The molecule has 1 N–H and O–H groups in total. The second kappa shape index (κ2) is 5.58. The second-order valence-corrected chi connectivity index (χ2v) is 7.51. The first-order valence-electron chi connectivity index (χ1n) is 6.02. The van der Waals surface area contributed by atoms with E-state index in [1.165, 1.54) is 16.4 Å². The largest absolute Gasteiger partial charge is 0.311 e. The van der Waals surface area contributed by atoms with Gasteiger partial charge in [0.2, 0.25) is 10.0 Å². The lowest BCUT2D eigenvalue weighted by atomic mass is 10.2. The average Bonchev–Trinajstić information content (AvgIpc) is 2.35. The number of nitrogens with one attached hydrogen (secondary N) is 1. The molecular weight excluding hydrogens is 307 g/mol. The molecule has 0 saturated carbocycles. The summed E-state index contributed by atoms with van der Waals surface area (Å²) in [5.41, 5.74) is 0. The molecule has 0 bridgehead atoms. The summed E-state index contributed by atoms with van der Waals surface area (Å²) in [6.45, 7) is 4.87. The fourth-order valence-corrected chi connectivity index (χ4v) is 4.58. The van der Waals surface area contributed by atoms with Gasteiger partial charge in [0.05, 0.1) is 5.02 Å². The molecule has 1 heterocycles. The van der Waals surface area contributed by atoms with Gasteiger partial charge >= 0.3 is 0 Å². The number of rotatable bonds is 2. The van der Waals surface area contributed by atoms with Crippen molar-refractivity contribution in [1.29, 1.82) is 0 Å². The molecule has 1 aliphatic rings. The van der Waals surface area contributed by atoms with Crippen LogP contribution in [0, 0.1) is 0 Å². The van der Waals surface area contributed by atoms with Crippen LogP contribution < -0.4 is 5.32 Å². The van der Waals surface area contributed by atoms with Crippen molar-refractivity contribution in [3.8, 4) is 0 Å². The predicted octanol–water partition coefficient (Wildman–Crippen LogP) is 2.36. The Morgan fingerprint density at radius 2 is 2.00 bits per heavy atom. The van der Waals surface area contributed by atoms with Crippen LogP contribution in [0.1, 0.15) is 13.8 Å². The zero-order valence-corrected chi connectivity index (χ0v) is 13.1. The number of hydrogen-bond donors (Lipinski definition) is 1.